The van der Waals surface area contributed by atoms with E-state index in [9.17, 15) is 0 Å². The largest absolute Gasteiger partial charge is 0.382 e. The van der Waals surface area contributed by atoms with E-state index in [1.807, 2.05) is 6.92 Å². The molecule has 108 valence electrons. The SMILES string of the molecule is CCOCCCn1nc(C)c(CCNC2CC2)c1C. The Morgan fingerprint density at radius 3 is 2.84 bits per heavy atom. The Hall–Kier alpha value is -0.870. The minimum Gasteiger partial charge on any atom is -0.382 e. The summed E-state index contributed by atoms with van der Waals surface area (Å²) in [4.78, 5) is 0. The van der Waals surface area contributed by atoms with Gasteiger partial charge in [-0.3, -0.25) is 4.68 Å². The van der Waals surface area contributed by atoms with E-state index in [0.717, 1.165) is 45.2 Å². The summed E-state index contributed by atoms with van der Waals surface area (Å²) in [5, 5.41) is 8.23. The first-order valence-corrected chi connectivity index (χ1v) is 7.56. The third-order valence-electron chi connectivity index (χ3n) is 3.78. The third kappa shape index (κ3) is 4.32. The Morgan fingerprint density at radius 1 is 1.37 bits per heavy atom. The van der Waals surface area contributed by atoms with E-state index in [4.69, 9.17) is 4.74 Å². The molecule has 0 aromatic carbocycles. The van der Waals surface area contributed by atoms with Crippen molar-refractivity contribution in [3.63, 3.8) is 0 Å². The summed E-state index contributed by atoms with van der Waals surface area (Å²) in [6, 6.07) is 0.793. The number of nitrogens with one attached hydrogen (secondary N) is 1. The molecule has 0 aliphatic heterocycles. The second kappa shape index (κ2) is 7.06. The van der Waals surface area contributed by atoms with Gasteiger partial charge in [-0.25, -0.2) is 0 Å². The first kappa shape index (κ1) is 14.5. The summed E-state index contributed by atoms with van der Waals surface area (Å²) in [7, 11) is 0. The average molecular weight is 265 g/mol. The van der Waals surface area contributed by atoms with Gasteiger partial charge >= 0.3 is 0 Å². The molecule has 0 saturated heterocycles. The van der Waals surface area contributed by atoms with Crippen molar-refractivity contribution in [3.8, 4) is 0 Å². The van der Waals surface area contributed by atoms with Crippen molar-refractivity contribution in [2.24, 2.45) is 0 Å². The fourth-order valence-corrected chi connectivity index (χ4v) is 2.46. The van der Waals surface area contributed by atoms with Crippen LogP contribution in [-0.2, 0) is 17.7 Å². The summed E-state index contributed by atoms with van der Waals surface area (Å²) in [5.41, 5.74) is 3.93. The lowest BCUT2D eigenvalue weighted by Gasteiger charge is -2.06. The number of aryl methyl sites for hydroxylation is 2. The molecule has 1 aliphatic carbocycles. The molecule has 0 atom stereocenters. The minimum absolute atomic E-state index is 0.793. The molecule has 0 spiro atoms. The lowest BCUT2D eigenvalue weighted by molar-refractivity contribution is 0.140. The van der Waals surface area contributed by atoms with Gasteiger partial charge in [-0.1, -0.05) is 0 Å². The fraction of sp³-hybridized carbons (Fsp3) is 0.800. The zero-order chi connectivity index (χ0) is 13.7. The van der Waals surface area contributed by atoms with Crippen LogP contribution in [0.1, 0.15) is 43.1 Å². The van der Waals surface area contributed by atoms with Crippen LogP contribution in [0.2, 0.25) is 0 Å². The molecule has 4 heteroatoms. The van der Waals surface area contributed by atoms with Gasteiger partial charge in [-0.15, -0.1) is 0 Å². The van der Waals surface area contributed by atoms with Crippen molar-refractivity contribution in [2.45, 2.75) is 59.0 Å². The lowest BCUT2D eigenvalue weighted by Crippen LogP contribution is -2.19. The first-order valence-electron chi connectivity index (χ1n) is 7.56. The predicted octanol–water partition coefficient (Wildman–Crippen LogP) is 2.22. The topological polar surface area (TPSA) is 39.1 Å². The van der Waals surface area contributed by atoms with Gasteiger partial charge in [0.1, 0.15) is 0 Å². The first-order chi connectivity index (χ1) is 9.22. The van der Waals surface area contributed by atoms with Crippen LogP contribution in [0, 0.1) is 13.8 Å². The van der Waals surface area contributed by atoms with Crippen LogP contribution >= 0.6 is 0 Å². The van der Waals surface area contributed by atoms with E-state index in [0.29, 0.717) is 0 Å². The molecule has 1 heterocycles. The number of ether oxygens (including phenoxy) is 1. The highest BCUT2D eigenvalue weighted by atomic mass is 16.5. The third-order valence-corrected chi connectivity index (χ3v) is 3.78. The van der Waals surface area contributed by atoms with Gasteiger partial charge in [0.2, 0.25) is 0 Å². The average Bonchev–Trinajstić information content (AvgIpc) is 3.17. The maximum Gasteiger partial charge on any atom is 0.0628 e. The van der Waals surface area contributed by atoms with Gasteiger partial charge in [0.25, 0.3) is 0 Å². The van der Waals surface area contributed by atoms with Gasteiger partial charge in [0.15, 0.2) is 0 Å². The van der Waals surface area contributed by atoms with E-state index >= 15 is 0 Å². The molecule has 1 fully saturated rings. The van der Waals surface area contributed by atoms with Gasteiger partial charge in [-0.2, -0.15) is 5.10 Å². The van der Waals surface area contributed by atoms with Crippen LogP contribution in [-0.4, -0.2) is 35.6 Å². The standard InChI is InChI=1S/C15H27N3O/c1-4-19-11-5-10-18-13(3)15(12(2)17-18)8-9-16-14-6-7-14/h14,16H,4-11H2,1-3H3. The van der Waals surface area contributed by atoms with E-state index in [-0.39, 0.29) is 0 Å². The number of rotatable bonds is 9. The van der Waals surface area contributed by atoms with Crippen LogP contribution in [0.4, 0.5) is 0 Å². The van der Waals surface area contributed by atoms with Crippen LogP contribution in [0.3, 0.4) is 0 Å². The predicted molar refractivity (Wildman–Crippen MR) is 77.5 cm³/mol. The maximum absolute atomic E-state index is 5.38. The fourth-order valence-electron chi connectivity index (χ4n) is 2.46. The molecule has 1 N–H and O–H groups in total. The molecule has 1 aromatic heterocycles. The number of hydrogen-bond donors (Lipinski definition) is 1. The Bertz CT molecular complexity index is 396. The van der Waals surface area contributed by atoms with Gasteiger partial charge in [0, 0.05) is 31.5 Å². The van der Waals surface area contributed by atoms with Crippen molar-refractivity contribution in [2.75, 3.05) is 19.8 Å². The zero-order valence-electron chi connectivity index (χ0n) is 12.5. The number of nitrogens with zero attached hydrogens (tertiary/aromatic N) is 2. The van der Waals surface area contributed by atoms with E-state index in [1.54, 1.807) is 0 Å². The number of aromatic nitrogens is 2. The van der Waals surface area contributed by atoms with Crippen molar-refractivity contribution in [1.82, 2.24) is 15.1 Å². The van der Waals surface area contributed by atoms with Crippen LogP contribution in [0.25, 0.3) is 0 Å². The molecule has 0 unspecified atom stereocenters. The van der Waals surface area contributed by atoms with Crippen molar-refractivity contribution < 1.29 is 4.74 Å². The van der Waals surface area contributed by atoms with Crippen molar-refractivity contribution in [1.29, 1.82) is 0 Å². The molecular formula is C15H27N3O. The molecule has 2 rings (SSSR count). The van der Waals surface area contributed by atoms with Crippen LogP contribution < -0.4 is 5.32 Å². The van der Waals surface area contributed by atoms with Gasteiger partial charge < -0.3 is 10.1 Å². The highest BCUT2D eigenvalue weighted by Gasteiger charge is 2.20. The molecular weight excluding hydrogens is 238 g/mol. The molecule has 19 heavy (non-hydrogen) atoms. The Kier molecular flexibility index (Phi) is 5.40. The van der Waals surface area contributed by atoms with Crippen molar-refractivity contribution in [3.05, 3.63) is 17.0 Å². The molecule has 0 amide bonds. The highest BCUT2D eigenvalue weighted by molar-refractivity contribution is 5.24. The summed E-state index contributed by atoms with van der Waals surface area (Å²) < 4.78 is 7.52. The van der Waals surface area contributed by atoms with Crippen LogP contribution in [0.15, 0.2) is 0 Å². The molecule has 1 aromatic rings. The maximum atomic E-state index is 5.38. The van der Waals surface area contributed by atoms with Crippen LogP contribution in [0.5, 0.6) is 0 Å². The minimum atomic E-state index is 0.793. The molecule has 1 saturated carbocycles. The van der Waals surface area contributed by atoms with Gasteiger partial charge in [0.05, 0.1) is 5.69 Å². The molecule has 4 nitrogen and oxygen atoms in total. The van der Waals surface area contributed by atoms with Gasteiger partial charge in [-0.05, 0) is 58.6 Å². The molecule has 0 radical (unpaired) electrons. The highest BCUT2D eigenvalue weighted by Crippen LogP contribution is 2.19. The zero-order valence-corrected chi connectivity index (χ0v) is 12.5. The Balaban J connectivity index is 1.82. The normalized spacial score (nSPS) is 15.1. The summed E-state index contributed by atoms with van der Waals surface area (Å²) in [6.45, 7) is 10.0. The smallest absolute Gasteiger partial charge is 0.0628 e. The number of hydrogen-bond acceptors (Lipinski definition) is 3. The Morgan fingerprint density at radius 2 is 2.16 bits per heavy atom. The quantitative estimate of drug-likeness (QED) is 0.696. The second-order valence-electron chi connectivity index (χ2n) is 5.40. The molecule has 0 bridgehead atoms. The monoisotopic (exact) mass is 265 g/mol. The Labute approximate surface area is 116 Å². The lowest BCUT2D eigenvalue weighted by atomic mass is 10.1. The van der Waals surface area contributed by atoms with Crippen molar-refractivity contribution >= 4 is 0 Å². The van der Waals surface area contributed by atoms with E-state index in [2.05, 4.69) is 28.9 Å². The summed E-state index contributed by atoms with van der Waals surface area (Å²) >= 11 is 0. The summed E-state index contributed by atoms with van der Waals surface area (Å²) in [5.74, 6) is 0. The van der Waals surface area contributed by atoms with E-state index in [1.165, 1.54) is 29.8 Å². The second-order valence-corrected chi connectivity index (χ2v) is 5.40. The van der Waals surface area contributed by atoms with E-state index < -0.39 is 0 Å². The molecule has 1 aliphatic rings. The summed E-state index contributed by atoms with van der Waals surface area (Å²) in [6.07, 6.45) is 4.85.